The molecule has 7 amide bonds. The number of cyclic esters (lactones) is 2. The van der Waals surface area contributed by atoms with Gasteiger partial charge in [-0.2, -0.15) is 0 Å². The number of nitrogens with one attached hydrogen (secondary N) is 2. The molecule has 93 heavy (non-hydrogen) atoms. The maximum absolute atomic E-state index is 17.3. The van der Waals surface area contributed by atoms with Crippen LogP contribution >= 0.6 is 0 Å². The van der Waals surface area contributed by atoms with Gasteiger partial charge in [-0.25, -0.2) is 18.8 Å². The Hall–Kier alpha value is -9.39. The molecule has 4 aromatic carbocycles. The number of esters is 2. The molecule has 2 bridgehead atoms. The first-order chi connectivity index (χ1) is 44.6. The fourth-order valence-corrected chi connectivity index (χ4v) is 10.7. The summed E-state index contributed by atoms with van der Waals surface area (Å²) in [5.41, 5.74) is 0.160. The molecule has 0 unspecified atom stereocenters. The highest BCUT2D eigenvalue weighted by Gasteiger charge is 2.43. The van der Waals surface area contributed by atoms with E-state index in [9.17, 15) is 47.9 Å². The van der Waals surface area contributed by atoms with Crippen molar-refractivity contribution in [2.75, 3.05) is 101 Å². The normalized spacial score (nSPS) is 21.5. The molecule has 0 aliphatic carbocycles. The predicted molar refractivity (Wildman–Crippen MR) is 336 cm³/mol. The van der Waals surface area contributed by atoms with E-state index in [1.807, 2.05) is 0 Å². The van der Waals surface area contributed by atoms with Crippen molar-refractivity contribution in [3.63, 3.8) is 0 Å². The lowest BCUT2D eigenvalue weighted by atomic mass is 9.87. The number of ketones is 1. The number of benzene rings is 4. The Morgan fingerprint density at radius 1 is 0.731 bits per heavy atom. The van der Waals surface area contributed by atoms with E-state index in [1.54, 1.807) is 73.8 Å². The number of amides is 7. The van der Waals surface area contributed by atoms with Crippen LogP contribution in [0.25, 0.3) is 0 Å². The molecule has 2 fully saturated rings. The maximum Gasteiger partial charge on any atom is 0.415 e. The highest BCUT2D eigenvalue weighted by Crippen LogP contribution is 2.35. The number of Topliss-reactive ketones (excluding diaryl/α,β-unsaturated/α-hetero) is 1. The molecule has 25 heteroatoms. The van der Waals surface area contributed by atoms with Crippen LogP contribution in [0.15, 0.2) is 103 Å². The average Bonchev–Trinajstić information content (AvgIpc) is 0.929. The summed E-state index contributed by atoms with van der Waals surface area (Å²) < 4.78 is 56.8. The summed E-state index contributed by atoms with van der Waals surface area (Å²) in [6.45, 7) is 2.45. The number of hydrogen-bond acceptors (Lipinski definition) is 17. The molecule has 500 valence electrons. The van der Waals surface area contributed by atoms with Gasteiger partial charge in [0.25, 0.3) is 11.8 Å². The number of morpholine rings is 1. The quantitative estimate of drug-likeness (QED) is 0.149. The molecule has 4 atom stereocenters. The molecule has 2 saturated heterocycles. The van der Waals surface area contributed by atoms with E-state index < -0.39 is 120 Å². The minimum absolute atomic E-state index is 0.0192. The van der Waals surface area contributed by atoms with E-state index in [4.69, 9.17) is 33.2 Å². The summed E-state index contributed by atoms with van der Waals surface area (Å²) in [5.74, 6) is -7.30. The summed E-state index contributed by atoms with van der Waals surface area (Å²) in [4.78, 5) is 145. The van der Waals surface area contributed by atoms with Gasteiger partial charge in [0.1, 0.15) is 36.6 Å². The monoisotopic (exact) mass is 1290 g/mol. The predicted octanol–water partition coefficient (Wildman–Crippen LogP) is 5.36. The Morgan fingerprint density at radius 2 is 1.43 bits per heavy atom. The Kier molecular flexibility index (Phi) is 26.2. The molecule has 24 nitrogen and oxygen atoms in total. The third kappa shape index (κ3) is 20.3. The first-order valence-electron chi connectivity index (χ1n) is 31.1. The minimum Gasteiger partial charge on any atom is -0.493 e. The summed E-state index contributed by atoms with van der Waals surface area (Å²) in [5, 5.41) is 5.39. The van der Waals surface area contributed by atoms with Crippen LogP contribution < -0.4 is 29.6 Å². The van der Waals surface area contributed by atoms with E-state index in [-0.39, 0.29) is 56.5 Å². The lowest BCUT2D eigenvalue weighted by molar-refractivity contribution is -0.165. The number of hydrogen-bond donors (Lipinski definition) is 2. The molecular formula is C68H84FN7O17. The van der Waals surface area contributed by atoms with Gasteiger partial charge < -0.3 is 68.3 Å². The summed E-state index contributed by atoms with van der Waals surface area (Å²) >= 11 is 0. The van der Waals surface area contributed by atoms with Crippen LogP contribution in [0, 0.1) is 11.2 Å². The first kappa shape index (κ1) is 71.1. The molecular weight excluding hydrogens is 1210 g/mol. The van der Waals surface area contributed by atoms with Gasteiger partial charge in [0.05, 0.1) is 45.9 Å². The maximum atomic E-state index is 17.3. The zero-order valence-corrected chi connectivity index (χ0v) is 53.8. The van der Waals surface area contributed by atoms with Gasteiger partial charge in [-0.3, -0.25) is 33.6 Å². The second-order valence-electron chi connectivity index (χ2n) is 23.7. The number of carbonyl (C=O) groups excluding carboxylic acids is 10. The van der Waals surface area contributed by atoms with E-state index in [2.05, 4.69) is 10.6 Å². The van der Waals surface area contributed by atoms with Crippen molar-refractivity contribution in [1.82, 2.24) is 35.1 Å². The lowest BCUT2D eigenvalue weighted by Crippen LogP contribution is -2.56. The van der Waals surface area contributed by atoms with Crippen molar-refractivity contribution in [2.24, 2.45) is 5.41 Å². The van der Waals surface area contributed by atoms with Crippen LogP contribution in [0.4, 0.5) is 9.18 Å². The molecule has 4 aromatic rings. The largest absolute Gasteiger partial charge is 0.493 e. The standard InChI is InChI=1S/C68H84FN7O17/c1-68(2)44-91-60(80)23-13-8-9-15-32-72(3)58(78)41-70-57(77)42-73(4)64(83)50(38-45-18-11-10-12-19-45)71-63(82)52(39-46-24-28-48(29-25-46)92-67(86)75-34-36-89-37-35-75)74(5)59(79)43-90-55-22-17-20-49(61(55)69)53(30-26-47-27-31-54(87-6)56(40-47)88-7)93-66(85)51-21-14-16-33-76(51)65(84)62(68)81/h10-13,17-20,22-25,27-29,31,40,50-53H,8-9,14-16,21,26,30,32-39,41-44H2,1-7H3,(H,70,77)(H,71,82)/b23-13+/t50-,51+,52+,53-/m1/s1. The van der Waals surface area contributed by atoms with Gasteiger partial charge in [0, 0.05) is 71.8 Å². The van der Waals surface area contributed by atoms with Crippen molar-refractivity contribution >= 4 is 59.3 Å². The molecule has 0 spiro atoms. The Morgan fingerprint density at radius 3 is 2.15 bits per heavy atom. The van der Waals surface area contributed by atoms with E-state index >= 15 is 4.39 Å². The second-order valence-corrected chi connectivity index (χ2v) is 23.7. The van der Waals surface area contributed by atoms with Crippen LogP contribution in [-0.4, -0.2) is 203 Å². The average molecular weight is 1290 g/mol. The highest BCUT2D eigenvalue weighted by molar-refractivity contribution is 6.38. The lowest BCUT2D eigenvalue weighted by Gasteiger charge is -2.36. The van der Waals surface area contributed by atoms with Crippen LogP contribution in [-0.2, 0) is 76.6 Å². The number of piperidine rings is 1. The van der Waals surface area contributed by atoms with Crippen molar-refractivity contribution < 1.29 is 85.5 Å². The first-order valence-corrected chi connectivity index (χ1v) is 31.1. The Balaban J connectivity index is 1.20. The number of likely N-dealkylation sites (N-methyl/N-ethyl adjacent to an activating group) is 3. The summed E-state index contributed by atoms with van der Waals surface area (Å²) in [7, 11) is 7.24. The third-order valence-corrected chi connectivity index (χ3v) is 16.4. The highest BCUT2D eigenvalue weighted by atomic mass is 19.1. The Bertz CT molecular complexity index is 3320. The van der Waals surface area contributed by atoms with Crippen LogP contribution in [0.1, 0.15) is 87.2 Å². The van der Waals surface area contributed by atoms with Crippen molar-refractivity contribution in [3.05, 3.63) is 131 Å². The SMILES string of the molecule is COc1ccc(CC[C@H]2OC(=O)[C@@H]3CCCCN3C(=O)C(=O)C(C)(C)COC(=O)/C=C/CCCCN(C)C(=O)CNC(=O)CN(C)C(=O)[C@@H](Cc3ccccc3)NC(=O)[C@H](Cc3ccc(OC(=O)N4CCOCC4)cc3)N(C)C(=O)COc3cccc2c3F)cc1OC. The molecule has 3 aliphatic rings. The number of ether oxygens (including phenoxy) is 7. The number of halogens is 1. The number of fused-ring (bicyclic) bond motifs is 3. The fourth-order valence-electron chi connectivity index (χ4n) is 10.7. The van der Waals surface area contributed by atoms with Gasteiger partial charge in [-0.05, 0) is 112 Å². The number of carbonyl (C=O) groups is 10. The molecule has 2 N–H and O–H groups in total. The number of methoxy groups -OCH3 is 2. The van der Waals surface area contributed by atoms with Gasteiger partial charge in [-0.15, -0.1) is 0 Å². The smallest absolute Gasteiger partial charge is 0.415 e. The molecule has 3 heterocycles. The third-order valence-electron chi connectivity index (χ3n) is 16.4. The fraction of sp³-hybridized carbons (Fsp3) is 0.471. The van der Waals surface area contributed by atoms with Crippen molar-refractivity contribution in [3.8, 4) is 23.0 Å². The number of allylic oxidation sites excluding steroid dienone is 1. The van der Waals surface area contributed by atoms with E-state index in [0.717, 1.165) is 14.7 Å². The summed E-state index contributed by atoms with van der Waals surface area (Å²) in [6, 6.07) is 20.4. The Labute approximate surface area is 540 Å². The van der Waals surface area contributed by atoms with Gasteiger partial charge in [0.15, 0.2) is 29.7 Å². The second kappa shape index (κ2) is 34.3. The molecule has 7 rings (SSSR count). The number of rotatable bonds is 10. The minimum atomic E-state index is -1.53. The zero-order valence-electron chi connectivity index (χ0n) is 53.8. The zero-order chi connectivity index (χ0) is 67.2. The number of nitrogens with zero attached hydrogens (tertiary/aromatic N) is 5. The van der Waals surface area contributed by atoms with Gasteiger partial charge >= 0.3 is 18.0 Å². The summed E-state index contributed by atoms with van der Waals surface area (Å²) in [6.07, 6.45) is 3.37. The van der Waals surface area contributed by atoms with Crippen molar-refractivity contribution in [1.29, 1.82) is 0 Å². The van der Waals surface area contributed by atoms with Gasteiger partial charge in [-0.1, -0.05) is 66.7 Å². The molecule has 0 aromatic heterocycles. The van der Waals surface area contributed by atoms with E-state index in [1.165, 1.54) is 88.4 Å². The molecule has 3 aliphatic heterocycles. The van der Waals surface area contributed by atoms with E-state index in [0.29, 0.717) is 93.1 Å². The van der Waals surface area contributed by atoms with Crippen molar-refractivity contribution in [2.45, 2.75) is 102 Å². The van der Waals surface area contributed by atoms with Crippen LogP contribution in [0.2, 0.25) is 0 Å². The van der Waals surface area contributed by atoms with Crippen LogP contribution in [0.5, 0.6) is 23.0 Å². The van der Waals surface area contributed by atoms with Gasteiger partial charge in [0.2, 0.25) is 29.4 Å². The molecule has 0 radical (unpaired) electrons. The topological polar surface area (TPSA) is 276 Å². The number of aryl methyl sites for hydroxylation is 1. The van der Waals surface area contributed by atoms with Crippen LogP contribution in [0.3, 0.4) is 0 Å². The molecule has 0 saturated carbocycles.